The first-order valence-electron chi connectivity index (χ1n) is 12.1. The number of rotatable bonds is 7. The predicted octanol–water partition coefficient (Wildman–Crippen LogP) is 3.53. The Kier molecular flexibility index (Phi) is 7.42. The fourth-order valence-electron chi connectivity index (χ4n) is 4.87. The third kappa shape index (κ3) is 4.90. The Morgan fingerprint density at radius 1 is 1.06 bits per heavy atom. The van der Waals surface area contributed by atoms with Crippen molar-refractivity contribution in [2.45, 2.75) is 56.9 Å². The molecule has 9 heteroatoms. The van der Waals surface area contributed by atoms with E-state index >= 15 is 0 Å². The molecule has 0 radical (unpaired) electrons. The molecule has 0 spiro atoms. The molecule has 34 heavy (non-hydrogen) atoms. The Hall–Kier alpha value is -2.65. The van der Waals surface area contributed by atoms with Crippen molar-refractivity contribution >= 4 is 21.8 Å². The second-order valence-corrected chi connectivity index (χ2v) is 10.9. The third-order valence-corrected chi connectivity index (χ3v) is 8.71. The molecule has 0 aliphatic carbocycles. The summed E-state index contributed by atoms with van der Waals surface area (Å²) in [6.07, 6.45) is 3.80. The van der Waals surface area contributed by atoms with Gasteiger partial charge in [0.1, 0.15) is 10.7 Å². The third-order valence-electron chi connectivity index (χ3n) is 6.70. The van der Waals surface area contributed by atoms with E-state index in [0.717, 1.165) is 19.3 Å². The second-order valence-electron chi connectivity index (χ2n) is 9.03. The van der Waals surface area contributed by atoms with E-state index in [9.17, 15) is 18.0 Å². The molecule has 8 nitrogen and oxygen atoms in total. The van der Waals surface area contributed by atoms with E-state index < -0.39 is 10.0 Å². The van der Waals surface area contributed by atoms with Gasteiger partial charge in [-0.05, 0) is 51.2 Å². The van der Waals surface area contributed by atoms with E-state index in [1.54, 1.807) is 11.8 Å². The van der Waals surface area contributed by atoms with Crippen LogP contribution in [-0.4, -0.2) is 73.1 Å². The molecule has 0 N–H and O–H groups in total. The number of carbonyl (C=O) groups excluding carboxylic acids is 2. The molecular weight excluding hydrogens is 454 g/mol. The summed E-state index contributed by atoms with van der Waals surface area (Å²) in [5, 5.41) is 0. The van der Waals surface area contributed by atoms with E-state index in [1.807, 2.05) is 42.2 Å². The molecule has 2 aliphatic heterocycles. The molecule has 0 saturated carbocycles. The minimum atomic E-state index is -3.66. The average molecular weight is 488 g/mol. The summed E-state index contributed by atoms with van der Waals surface area (Å²) in [5.74, 6) is 0.0213. The van der Waals surface area contributed by atoms with Crippen LogP contribution in [0.2, 0.25) is 0 Å². The fraction of sp³-hybridized carbons (Fsp3) is 0.520. The molecule has 3 heterocycles. The summed E-state index contributed by atoms with van der Waals surface area (Å²) in [6, 6.07) is 10.6. The van der Waals surface area contributed by atoms with Crippen molar-refractivity contribution < 1.29 is 22.4 Å². The van der Waals surface area contributed by atoms with Crippen LogP contribution in [0.5, 0.6) is 0 Å². The molecule has 0 unspecified atom stereocenters. The van der Waals surface area contributed by atoms with Crippen LogP contribution >= 0.6 is 0 Å². The Bertz CT molecular complexity index is 1110. The minimum absolute atomic E-state index is 0.00541. The number of hydrogen-bond acceptors (Lipinski definition) is 5. The van der Waals surface area contributed by atoms with E-state index in [4.69, 9.17) is 4.42 Å². The number of furan rings is 1. The summed E-state index contributed by atoms with van der Waals surface area (Å²) in [4.78, 5) is 29.9. The number of sulfonamides is 1. The van der Waals surface area contributed by atoms with Crippen molar-refractivity contribution in [3.8, 4) is 0 Å². The van der Waals surface area contributed by atoms with Gasteiger partial charge in [0.15, 0.2) is 5.76 Å². The number of nitrogens with zero attached hydrogens (tertiary/aromatic N) is 3. The number of hydrogen-bond donors (Lipinski definition) is 0. The van der Waals surface area contributed by atoms with Gasteiger partial charge in [0.25, 0.3) is 11.8 Å². The van der Waals surface area contributed by atoms with Crippen molar-refractivity contribution in [2.75, 3.05) is 32.7 Å². The Balaban J connectivity index is 1.47. The van der Waals surface area contributed by atoms with Crippen molar-refractivity contribution in [1.82, 2.24) is 14.1 Å². The molecule has 4 rings (SSSR count). The minimum Gasteiger partial charge on any atom is -0.455 e. The molecule has 0 bridgehead atoms. The number of carbonyl (C=O) groups is 2. The Labute approximate surface area is 201 Å². The second kappa shape index (κ2) is 10.3. The lowest BCUT2D eigenvalue weighted by Gasteiger charge is -2.38. The largest absolute Gasteiger partial charge is 0.455 e. The van der Waals surface area contributed by atoms with Gasteiger partial charge >= 0.3 is 0 Å². The summed E-state index contributed by atoms with van der Waals surface area (Å²) < 4.78 is 33.2. The van der Waals surface area contributed by atoms with Gasteiger partial charge in [-0.1, -0.05) is 25.1 Å². The van der Waals surface area contributed by atoms with Gasteiger partial charge in [0, 0.05) is 50.4 Å². The van der Waals surface area contributed by atoms with Crippen LogP contribution in [-0.2, 0) is 10.0 Å². The topological polar surface area (TPSA) is 91.1 Å². The number of aryl methyl sites for hydroxylation is 1. The van der Waals surface area contributed by atoms with E-state index in [0.29, 0.717) is 51.1 Å². The number of likely N-dealkylation sites (tertiary alicyclic amines) is 1. The predicted molar refractivity (Wildman–Crippen MR) is 128 cm³/mol. The van der Waals surface area contributed by atoms with Gasteiger partial charge in [-0.15, -0.1) is 0 Å². The maximum Gasteiger partial charge on any atom is 0.289 e. The van der Waals surface area contributed by atoms with Crippen LogP contribution in [0.3, 0.4) is 0 Å². The lowest BCUT2D eigenvalue weighted by atomic mass is 10.0. The van der Waals surface area contributed by atoms with Gasteiger partial charge < -0.3 is 14.2 Å². The quantitative estimate of drug-likeness (QED) is 0.596. The highest BCUT2D eigenvalue weighted by atomic mass is 32.2. The standard InChI is InChI=1S/C25H33N3O5S/c1-3-13-28(21-11-16-26(17-12-21)24(29)20-9-5-4-6-10-20)25(30)22-18-23(19(2)33-22)34(31,32)27-14-7-8-15-27/h4-6,9-10,18,21H,3,7-8,11-17H2,1-2H3. The Morgan fingerprint density at radius 3 is 2.32 bits per heavy atom. The zero-order valence-corrected chi connectivity index (χ0v) is 20.7. The highest BCUT2D eigenvalue weighted by Gasteiger charge is 2.35. The van der Waals surface area contributed by atoms with Crippen LogP contribution in [0, 0.1) is 6.92 Å². The first-order valence-corrected chi connectivity index (χ1v) is 13.5. The first-order chi connectivity index (χ1) is 16.3. The van der Waals surface area contributed by atoms with Crippen molar-refractivity contribution in [2.24, 2.45) is 0 Å². The number of amides is 2. The smallest absolute Gasteiger partial charge is 0.289 e. The van der Waals surface area contributed by atoms with Crippen LogP contribution in [0.4, 0.5) is 0 Å². The number of benzene rings is 1. The molecule has 0 atom stereocenters. The van der Waals surface area contributed by atoms with Crippen LogP contribution in [0.25, 0.3) is 0 Å². The molecule has 1 aromatic heterocycles. The van der Waals surface area contributed by atoms with Gasteiger partial charge in [0.2, 0.25) is 10.0 Å². The first kappa shape index (κ1) is 24.5. The SMILES string of the molecule is CCCN(C(=O)c1cc(S(=O)(=O)N2CCCC2)c(C)o1)C1CCN(C(=O)c2ccccc2)CC1. The van der Waals surface area contributed by atoms with E-state index in [1.165, 1.54) is 10.4 Å². The summed E-state index contributed by atoms with van der Waals surface area (Å²) in [7, 11) is -3.66. The van der Waals surface area contributed by atoms with Gasteiger partial charge in [-0.3, -0.25) is 9.59 Å². The molecule has 1 aromatic carbocycles. The lowest BCUT2D eigenvalue weighted by Crippen LogP contribution is -2.49. The van der Waals surface area contributed by atoms with Crippen molar-refractivity contribution in [3.63, 3.8) is 0 Å². The highest BCUT2D eigenvalue weighted by Crippen LogP contribution is 2.28. The summed E-state index contributed by atoms with van der Waals surface area (Å²) >= 11 is 0. The molecular formula is C25H33N3O5S. The summed E-state index contributed by atoms with van der Waals surface area (Å²) in [6.45, 7) is 6.28. The molecule has 2 aliphatic rings. The normalized spacial score (nSPS) is 17.8. The zero-order chi connectivity index (χ0) is 24.3. The van der Waals surface area contributed by atoms with Crippen LogP contribution in [0.15, 0.2) is 45.7 Å². The van der Waals surface area contributed by atoms with Crippen molar-refractivity contribution in [3.05, 3.63) is 53.5 Å². The highest BCUT2D eigenvalue weighted by molar-refractivity contribution is 7.89. The monoisotopic (exact) mass is 487 g/mol. The zero-order valence-electron chi connectivity index (χ0n) is 19.9. The van der Waals surface area contributed by atoms with E-state index in [-0.39, 0.29) is 34.3 Å². The van der Waals surface area contributed by atoms with Gasteiger partial charge in [0.05, 0.1) is 0 Å². The molecule has 2 amide bonds. The van der Waals surface area contributed by atoms with Gasteiger partial charge in [-0.2, -0.15) is 4.31 Å². The van der Waals surface area contributed by atoms with Crippen molar-refractivity contribution in [1.29, 1.82) is 0 Å². The lowest BCUT2D eigenvalue weighted by molar-refractivity contribution is 0.0497. The fourth-order valence-corrected chi connectivity index (χ4v) is 6.55. The molecule has 2 fully saturated rings. The maximum atomic E-state index is 13.4. The Morgan fingerprint density at radius 2 is 1.71 bits per heavy atom. The molecule has 2 saturated heterocycles. The van der Waals surface area contributed by atoms with Crippen LogP contribution in [0.1, 0.15) is 65.7 Å². The van der Waals surface area contributed by atoms with Crippen LogP contribution < -0.4 is 0 Å². The molecule has 2 aromatic rings. The van der Waals surface area contributed by atoms with Gasteiger partial charge in [-0.25, -0.2) is 8.42 Å². The maximum absolute atomic E-state index is 13.4. The number of piperidine rings is 1. The average Bonchev–Trinajstić information content (AvgIpc) is 3.53. The van der Waals surface area contributed by atoms with E-state index in [2.05, 4.69) is 0 Å². The molecule has 184 valence electrons. The summed E-state index contributed by atoms with van der Waals surface area (Å²) in [5.41, 5.74) is 0.667.